The molecule has 132 valence electrons. The molecule has 0 aromatic carbocycles. The molecule has 25 heavy (non-hydrogen) atoms. The Labute approximate surface area is 149 Å². The van der Waals surface area contributed by atoms with E-state index in [2.05, 4.69) is 56.6 Å². The zero-order valence-corrected chi connectivity index (χ0v) is 15.5. The highest BCUT2D eigenvalue weighted by atomic mass is 15.3. The Hall–Kier alpha value is -2.24. The molecule has 0 bridgehead atoms. The van der Waals surface area contributed by atoms with Crippen LogP contribution in [0.25, 0.3) is 0 Å². The summed E-state index contributed by atoms with van der Waals surface area (Å²) in [6.07, 6.45) is 5.40. The van der Waals surface area contributed by atoms with Crippen molar-refractivity contribution in [1.82, 2.24) is 19.9 Å². The third-order valence-corrected chi connectivity index (χ3v) is 5.30. The van der Waals surface area contributed by atoms with Crippen LogP contribution < -0.4 is 9.80 Å². The van der Waals surface area contributed by atoms with E-state index in [-0.39, 0.29) is 5.41 Å². The summed E-state index contributed by atoms with van der Waals surface area (Å²) in [4.78, 5) is 22.7. The molecule has 0 N–H and O–H groups in total. The van der Waals surface area contributed by atoms with Gasteiger partial charge < -0.3 is 9.80 Å². The van der Waals surface area contributed by atoms with E-state index in [0.29, 0.717) is 11.8 Å². The molecule has 2 atom stereocenters. The molecule has 0 radical (unpaired) electrons. The van der Waals surface area contributed by atoms with Crippen molar-refractivity contribution < 1.29 is 0 Å². The van der Waals surface area contributed by atoms with E-state index < -0.39 is 0 Å². The number of anilines is 2. The van der Waals surface area contributed by atoms with Crippen molar-refractivity contribution in [2.24, 2.45) is 11.8 Å². The molecule has 2 aliphatic heterocycles. The predicted molar refractivity (Wildman–Crippen MR) is 98.9 cm³/mol. The molecule has 2 saturated heterocycles. The molecule has 0 spiro atoms. The van der Waals surface area contributed by atoms with Gasteiger partial charge in [-0.05, 0) is 6.92 Å². The molecule has 0 saturated carbocycles. The number of aryl methyl sites for hydroxylation is 1. The van der Waals surface area contributed by atoms with Crippen molar-refractivity contribution in [1.29, 1.82) is 0 Å². The van der Waals surface area contributed by atoms with Crippen molar-refractivity contribution in [3.63, 3.8) is 0 Å². The Morgan fingerprint density at radius 2 is 1.56 bits per heavy atom. The largest absolute Gasteiger partial charge is 0.356 e. The van der Waals surface area contributed by atoms with E-state index >= 15 is 0 Å². The van der Waals surface area contributed by atoms with Gasteiger partial charge in [0.25, 0.3) is 0 Å². The SMILES string of the molecule is Cc1cncc(N2CC3CN(c4cc(C(C)(C)C)ncn4)CC3C2)n1. The van der Waals surface area contributed by atoms with Crippen molar-refractivity contribution in [3.05, 3.63) is 36.2 Å². The third kappa shape index (κ3) is 3.17. The molecular formula is C19H26N6. The lowest BCUT2D eigenvalue weighted by molar-refractivity contribution is 0.533. The summed E-state index contributed by atoms with van der Waals surface area (Å²) in [6.45, 7) is 12.8. The number of rotatable bonds is 2. The van der Waals surface area contributed by atoms with Crippen LogP contribution in [-0.4, -0.2) is 46.1 Å². The van der Waals surface area contributed by atoms with Crippen LogP contribution in [0.2, 0.25) is 0 Å². The molecule has 2 fully saturated rings. The van der Waals surface area contributed by atoms with Crippen LogP contribution in [0.1, 0.15) is 32.2 Å². The summed E-state index contributed by atoms with van der Waals surface area (Å²) in [5, 5.41) is 0. The number of hydrogen-bond acceptors (Lipinski definition) is 6. The average molecular weight is 338 g/mol. The molecule has 2 aliphatic rings. The van der Waals surface area contributed by atoms with Crippen LogP contribution in [0.15, 0.2) is 24.8 Å². The second kappa shape index (κ2) is 5.93. The number of hydrogen-bond donors (Lipinski definition) is 0. The molecular weight excluding hydrogens is 312 g/mol. The van der Waals surface area contributed by atoms with Gasteiger partial charge in [0, 0.05) is 55.7 Å². The highest BCUT2D eigenvalue weighted by Gasteiger charge is 2.41. The van der Waals surface area contributed by atoms with E-state index in [9.17, 15) is 0 Å². The van der Waals surface area contributed by atoms with Gasteiger partial charge in [0.1, 0.15) is 18.0 Å². The fourth-order valence-electron chi connectivity index (χ4n) is 3.90. The Balaban J connectivity index is 1.46. The van der Waals surface area contributed by atoms with Crippen LogP contribution in [-0.2, 0) is 5.41 Å². The fourth-order valence-corrected chi connectivity index (χ4v) is 3.90. The van der Waals surface area contributed by atoms with E-state index in [0.717, 1.165) is 49.2 Å². The van der Waals surface area contributed by atoms with Crippen LogP contribution in [0.5, 0.6) is 0 Å². The molecule has 6 nitrogen and oxygen atoms in total. The highest BCUT2D eigenvalue weighted by Crippen LogP contribution is 2.35. The molecule has 2 aromatic heterocycles. The molecule has 6 heteroatoms. The summed E-state index contributed by atoms with van der Waals surface area (Å²) in [6, 6.07) is 2.16. The Morgan fingerprint density at radius 3 is 2.16 bits per heavy atom. The van der Waals surface area contributed by atoms with Gasteiger partial charge in [-0.1, -0.05) is 20.8 Å². The minimum absolute atomic E-state index is 0.0495. The summed E-state index contributed by atoms with van der Waals surface area (Å²) < 4.78 is 0. The standard InChI is InChI=1S/C19H26N6/c1-13-6-20-7-18(23-13)25-10-14-8-24(9-15(14)11-25)17-5-16(19(2,3)4)21-12-22-17/h5-7,12,14-15H,8-11H2,1-4H3. The van der Waals surface area contributed by atoms with E-state index in [4.69, 9.17) is 0 Å². The Bertz CT molecular complexity index is 755. The minimum Gasteiger partial charge on any atom is -0.356 e. The third-order valence-electron chi connectivity index (χ3n) is 5.30. The van der Waals surface area contributed by atoms with Gasteiger partial charge in [0.05, 0.1) is 17.6 Å². The first kappa shape index (κ1) is 16.2. The second-order valence-corrected chi connectivity index (χ2v) is 8.36. The number of nitrogens with zero attached hydrogens (tertiary/aromatic N) is 6. The van der Waals surface area contributed by atoms with Gasteiger partial charge in [-0.25, -0.2) is 15.0 Å². The van der Waals surface area contributed by atoms with Crippen molar-refractivity contribution in [3.8, 4) is 0 Å². The normalized spacial score (nSPS) is 23.2. The molecule has 2 unspecified atom stereocenters. The quantitative estimate of drug-likeness (QED) is 0.838. The smallest absolute Gasteiger partial charge is 0.147 e. The Kier molecular flexibility index (Phi) is 3.85. The first-order valence-electron chi connectivity index (χ1n) is 9.01. The fraction of sp³-hybridized carbons (Fsp3) is 0.579. The Morgan fingerprint density at radius 1 is 0.920 bits per heavy atom. The monoisotopic (exact) mass is 338 g/mol. The molecule has 2 aromatic rings. The molecule has 0 amide bonds. The highest BCUT2D eigenvalue weighted by molar-refractivity contribution is 5.45. The summed E-state index contributed by atoms with van der Waals surface area (Å²) in [7, 11) is 0. The van der Waals surface area contributed by atoms with Crippen LogP contribution in [0, 0.1) is 18.8 Å². The summed E-state index contributed by atoms with van der Waals surface area (Å²) >= 11 is 0. The average Bonchev–Trinajstić information content (AvgIpc) is 3.13. The van der Waals surface area contributed by atoms with E-state index in [1.54, 1.807) is 6.33 Å². The molecule has 0 aliphatic carbocycles. The first-order valence-corrected chi connectivity index (χ1v) is 9.01. The van der Waals surface area contributed by atoms with Crippen LogP contribution in [0.4, 0.5) is 11.6 Å². The minimum atomic E-state index is 0.0495. The van der Waals surface area contributed by atoms with Crippen LogP contribution in [0.3, 0.4) is 0 Å². The zero-order chi connectivity index (χ0) is 17.6. The van der Waals surface area contributed by atoms with Crippen LogP contribution >= 0.6 is 0 Å². The van der Waals surface area contributed by atoms with Crippen molar-refractivity contribution in [2.45, 2.75) is 33.1 Å². The van der Waals surface area contributed by atoms with Gasteiger partial charge >= 0.3 is 0 Å². The predicted octanol–water partition coefficient (Wildman–Crippen LogP) is 2.45. The van der Waals surface area contributed by atoms with Gasteiger partial charge in [-0.15, -0.1) is 0 Å². The maximum atomic E-state index is 4.63. The molecule has 4 heterocycles. The van der Waals surface area contributed by atoms with Crippen molar-refractivity contribution >= 4 is 11.6 Å². The zero-order valence-electron chi connectivity index (χ0n) is 15.5. The topological polar surface area (TPSA) is 58.0 Å². The summed E-state index contributed by atoms with van der Waals surface area (Å²) in [5.74, 6) is 3.40. The maximum Gasteiger partial charge on any atom is 0.147 e. The summed E-state index contributed by atoms with van der Waals surface area (Å²) in [5.41, 5.74) is 2.13. The van der Waals surface area contributed by atoms with Crippen molar-refractivity contribution in [2.75, 3.05) is 36.0 Å². The first-order chi connectivity index (χ1) is 11.9. The maximum absolute atomic E-state index is 4.63. The van der Waals surface area contributed by atoms with Gasteiger partial charge in [-0.3, -0.25) is 4.98 Å². The van der Waals surface area contributed by atoms with Gasteiger partial charge in [-0.2, -0.15) is 0 Å². The van der Waals surface area contributed by atoms with Gasteiger partial charge in [0.15, 0.2) is 0 Å². The lowest BCUT2D eigenvalue weighted by Crippen LogP contribution is -2.30. The van der Waals surface area contributed by atoms with E-state index in [1.807, 2.05) is 19.3 Å². The lowest BCUT2D eigenvalue weighted by atomic mass is 9.92. The molecule has 4 rings (SSSR count). The number of aromatic nitrogens is 4. The lowest BCUT2D eigenvalue weighted by Gasteiger charge is -2.24. The van der Waals surface area contributed by atoms with E-state index in [1.165, 1.54) is 0 Å². The number of fused-ring (bicyclic) bond motifs is 1. The van der Waals surface area contributed by atoms with Gasteiger partial charge in [0.2, 0.25) is 0 Å². The second-order valence-electron chi connectivity index (χ2n) is 8.36.